The second-order valence-corrected chi connectivity index (χ2v) is 4.99. The fourth-order valence-electron chi connectivity index (χ4n) is 2.24. The van der Waals surface area contributed by atoms with Crippen molar-refractivity contribution in [2.24, 2.45) is 5.92 Å². The molecular formula is C12H16BrNO. The summed E-state index contributed by atoms with van der Waals surface area (Å²) < 4.78 is 1.10. The summed E-state index contributed by atoms with van der Waals surface area (Å²) in [6, 6.07) is 8.63. The lowest BCUT2D eigenvalue weighted by atomic mass is 9.87. The zero-order valence-electron chi connectivity index (χ0n) is 8.62. The molecule has 2 N–H and O–H groups in total. The molecule has 2 rings (SSSR count). The van der Waals surface area contributed by atoms with Crippen LogP contribution in [0.5, 0.6) is 0 Å². The average molecular weight is 270 g/mol. The van der Waals surface area contributed by atoms with Crippen molar-refractivity contribution in [3.05, 3.63) is 34.3 Å². The third-order valence-electron chi connectivity index (χ3n) is 3.03. The molecule has 1 heterocycles. The molecule has 2 unspecified atom stereocenters. The van der Waals surface area contributed by atoms with Crippen LogP contribution < -0.4 is 5.32 Å². The molecule has 0 spiro atoms. The van der Waals surface area contributed by atoms with Gasteiger partial charge in [0.05, 0.1) is 0 Å². The minimum absolute atomic E-state index is 0.268. The summed E-state index contributed by atoms with van der Waals surface area (Å²) in [5.41, 5.74) is 1.27. The van der Waals surface area contributed by atoms with Crippen LogP contribution in [-0.2, 0) is 0 Å². The predicted octanol–water partition coefficient (Wildman–Crippen LogP) is 2.48. The largest absolute Gasteiger partial charge is 0.396 e. The van der Waals surface area contributed by atoms with E-state index in [9.17, 15) is 5.11 Å². The predicted molar refractivity (Wildman–Crippen MR) is 64.7 cm³/mol. The summed E-state index contributed by atoms with van der Waals surface area (Å²) >= 11 is 3.48. The molecule has 3 heteroatoms. The number of benzene rings is 1. The van der Waals surface area contributed by atoms with Gasteiger partial charge in [0.1, 0.15) is 0 Å². The van der Waals surface area contributed by atoms with Crippen LogP contribution in [0, 0.1) is 5.92 Å². The first-order valence-corrected chi connectivity index (χ1v) is 6.20. The van der Waals surface area contributed by atoms with Crippen molar-refractivity contribution in [1.82, 2.24) is 5.32 Å². The topological polar surface area (TPSA) is 32.3 Å². The van der Waals surface area contributed by atoms with Gasteiger partial charge in [-0.3, -0.25) is 0 Å². The van der Waals surface area contributed by atoms with Crippen LogP contribution in [-0.4, -0.2) is 18.3 Å². The highest BCUT2D eigenvalue weighted by Crippen LogP contribution is 2.30. The second-order valence-electron chi connectivity index (χ2n) is 4.07. The zero-order valence-corrected chi connectivity index (χ0v) is 10.2. The quantitative estimate of drug-likeness (QED) is 0.865. The number of rotatable bonds is 2. The molecular weight excluding hydrogens is 254 g/mol. The number of piperidine rings is 1. The smallest absolute Gasteiger partial charge is 0.0477 e. The summed E-state index contributed by atoms with van der Waals surface area (Å²) in [5.74, 6) is 0.355. The highest BCUT2D eigenvalue weighted by atomic mass is 79.9. The van der Waals surface area contributed by atoms with E-state index in [0.29, 0.717) is 12.0 Å². The first kappa shape index (κ1) is 11.1. The van der Waals surface area contributed by atoms with Gasteiger partial charge >= 0.3 is 0 Å². The molecule has 0 bridgehead atoms. The van der Waals surface area contributed by atoms with E-state index in [1.807, 2.05) is 12.1 Å². The molecule has 0 amide bonds. The number of hydrogen-bond donors (Lipinski definition) is 2. The van der Waals surface area contributed by atoms with E-state index in [1.54, 1.807) is 0 Å². The van der Waals surface area contributed by atoms with Gasteiger partial charge in [0, 0.05) is 23.0 Å². The average Bonchev–Trinajstić information content (AvgIpc) is 2.29. The summed E-state index contributed by atoms with van der Waals surface area (Å²) in [4.78, 5) is 0. The van der Waals surface area contributed by atoms with Gasteiger partial charge < -0.3 is 10.4 Å². The summed E-state index contributed by atoms with van der Waals surface area (Å²) in [7, 11) is 0. The summed E-state index contributed by atoms with van der Waals surface area (Å²) in [6.45, 7) is 1.32. The molecule has 0 aliphatic carbocycles. The molecule has 2 nitrogen and oxygen atoms in total. The van der Waals surface area contributed by atoms with Gasteiger partial charge in [-0.25, -0.2) is 0 Å². The van der Waals surface area contributed by atoms with Crippen molar-refractivity contribution >= 4 is 15.9 Å². The van der Waals surface area contributed by atoms with Crippen LogP contribution >= 0.6 is 15.9 Å². The van der Waals surface area contributed by atoms with Crippen LogP contribution in [0.25, 0.3) is 0 Å². The molecule has 0 radical (unpaired) electrons. The maximum atomic E-state index is 9.34. The minimum atomic E-state index is 0.268. The Hall–Kier alpha value is -0.380. The van der Waals surface area contributed by atoms with E-state index in [-0.39, 0.29) is 6.61 Å². The van der Waals surface area contributed by atoms with Crippen LogP contribution in [0.4, 0.5) is 0 Å². The maximum Gasteiger partial charge on any atom is 0.0477 e. The Balaban J connectivity index is 2.20. The molecule has 1 aliphatic rings. The first-order valence-electron chi connectivity index (χ1n) is 5.41. The third kappa shape index (κ3) is 2.60. The standard InChI is InChI=1S/C12H16BrNO/c13-11-5-1-3-9(7-11)12-10(8-15)4-2-6-14-12/h1,3,5,7,10,12,14-15H,2,4,6,8H2. The van der Waals surface area contributed by atoms with Crippen molar-refractivity contribution in [3.8, 4) is 0 Å². The minimum Gasteiger partial charge on any atom is -0.396 e. The number of halogens is 1. The highest BCUT2D eigenvalue weighted by Gasteiger charge is 2.25. The SMILES string of the molecule is OCC1CCCNC1c1cccc(Br)c1. The van der Waals surface area contributed by atoms with E-state index in [2.05, 4.69) is 33.4 Å². The number of hydrogen-bond acceptors (Lipinski definition) is 2. The van der Waals surface area contributed by atoms with Crippen LogP contribution in [0.2, 0.25) is 0 Å². The van der Waals surface area contributed by atoms with Gasteiger partial charge in [-0.1, -0.05) is 28.1 Å². The van der Waals surface area contributed by atoms with Gasteiger partial charge in [0.25, 0.3) is 0 Å². The second kappa shape index (κ2) is 5.10. The van der Waals surface area contributed by atoms with E-state index >= 15 is 0 Å². The van der Waals surface area contributed by atoms with E-state index in [1.165, 1.54) is 5.56 Å². The van der Waals surface area contributed by atoms with Gasteiger partial charge in [0.15, 0.2) is 0 Å². The Morgan fingerprint density at radius 2 is 2.33 bits per heavy atom. The molecule has 1 saturated heterocycles. The normalized spacial score (nSPS) is 26.5. The fraction of sp³-hybridized carbons (Fsp3) is 0.500. The molecule has 1 aromatic rings. The lowest BCUT2D eigenvalue weighted by molar-refractivity contribution is 0.160. The van der Waals surface area contributed by atoms with Gasteiger partial charge in [-0.15, -0.1) is 0 Å². The molecule has 1 fully saturated rings. The highest BCUT2D eigenvalue weighted by molar-refractivity contribution is 9.10. The number of nitrogens with one attached hydrogen (secondary N) is 1. The summed E-state index contributed by atoms with van der Waals surface area (Å²) in [5, 5.41) is 12.8. The molecule has 82 valence electrons. The van der Waals surface area contributed by atoms with Crippen LogP contribution in [0.1, 0.15) is 24.4 Å². The van der Waals surface area contributed by atoms with E-state index in [4.69, 9.17) is 0 Å². The number of aliphatic hydroxyl groups excluding tert-OH is 1. The molecule has 2 atom stereocenters. The Labute approximate surface area is 98.8 Å². The van der Waals surface area contributed by atoms with Crippen molar-refractivity contribution in [2.75, 3.05) is 13.2 Å². The molecule has 0 aromatic heterocycles. The first-order chi connectivity index (χ1) is 7.31. The van der Waals surface area contributed by atoms with Gasteiger partial charge in [-0.2, -0.15) is 0 Å². The van der Waals surface area contributed by atoms with E-state index in [0.717, 1.165) is 23.9 Å². The van der Waals surface area contributed by atoms with Crippen molar-refractivity contribution in [3.63, 3.8) is 0 Å². The van der Waals surface area contributed by atoms with Crippen molar-refractivity contribution < 1.29 is 5.11 Å². The molecule has 15 heavy (non-hydrogen) atoms. The molecule has 1 aromatic carbocycles. The Morgan fingerprint density at radius 1 is 1.47 bits per heavy atom. The van der Waals surface area contributed by atoms with Crippen molar-refractivity contribution in [1.29, 1.82) is 0 Å². The Kier molecular flexibility index (Phi) is 3.78. The number of aliphatic hydroxyl groups is 1. The van der Waals surface area contributed by atoms with Crippen molar-refractivity contribution in [2.45, 2.75) is 18.9 Å². The van der Waals surface area contributed by atoms with Crippen LogP contribution in [0.15, 0.2) is 28.7 Å². The van der Waals surface area contributed by atoms with Gasteiger partial charge in [0.2, 0.25) is 0 Å². The zero-order chi connectivity index (χ0) is 10.7. The van der Waals surface area contributed by atoms with Crippen LogP contribution in [0.3, 0.4) is 0 Å². The monoisotopic (exact) mass is 269 g/mol. The lowest BCUT2D eigenvalue weighted by Gasteiger charge is -2.31. The Bertz CT molecular complexity index is 329. The molecule has 1 aliphatic heterocycles. The maximum absolute atomic E-state index is 9.34. The third-order valence-corrected chi connectivity index (χ3v) is 3.52. The van der Waals surface area contributed by atoms with Gasteiger partial charge in [-0.05, 0) is 37.1 Å². The van der Waals surface area contributed by atoms with E-state index < -0.39 is 0 Å². The Morgan fingerprint density at radius 3 is 3.07 bits per heavy atom. The lowest BCUT2D eigenvalue weighted by Crippen LogP contribution is -2.35. The molecule has 0 saturated carbocycles. The summed E-state index contributed by atoms with van der Waals surface area (Å²) in [6.07, 6.45) is 2.27. The fourth-order valence-corrected chi connectivity index (χ4v) is 2.66.